The Morgan fingerprint density at radius 3 is 2.38 bits per heavy atom. The van der Waals surface area contributed by atoms with Gasteiger partial charge in [-0.05, 0) is 30.3 Å². The molecule has 0 bridgehead atoms. The van der Waals surface area contributed by atoms with Crippen LogP contribution in [0.2, 0.25) is 0 Å². The molecule has 4 rings (SSSR count). The Kier molecular flexibility index (Phi) is 4.50. The van der Waals surface area contributed by atoms with E-state index in [2.05, 4.69) is 25.3 Å². The summed E-state index contributed by atoms with van der Waals surface area (Å²) in [5, 5.41) is 15.1. The fourth-order valence-corrected chi connectivity index (χ4v) is 3.19. The number of anilines is 1. The molecule has 0 aliphatic carbocycles. The minimum atomic E-state index is -1.61. The van der Waals surface area contributed by atoms with Gasteiger partial charge in [-0.3, -0.25) is 9.38 Å². The summed E-state index contributed by atoms with van der Waals surface area (Å²) < 4.78 is 15.3. The number of aromatic nitrogens is 5. The maximum atomic E-state index is 13.5. The molecule has 7 nitrogen and oxygen atoms in total. The molecule has 3 heterocycles. The number of aliphatic hydroxyl groups is 1. The maximum absolute atomic E-state index is 13.5. The van der Waals surface area contributed by atoms with Gasteiger partial charge in [-0.25, -0.2) is 19.3 Å². The highest BCUT2D eigenvalue weighted by atomic mass is 19.1. The molecule has 3 aromatic heterocycles. The SMILES string of the molecule is CC(C)(C)C(O)(Nc1ncccn1)c1c(-c2ccc(F)cc2)nc2cnccn12. The molecule has 0 spiro atoms. The molecule has 1 aromatic carbocycles. The maximum Gasteiger partial charge on any atom is 0.225 e. The van der Waals surface area contributed by atoms with Crippen LogP contribution in [0.4, 0.5) is 10.3 Å². The van der Waals surface area contributed by atoms with Crippen molar-refractivity contribution in [3.8, 4) is 11.3 Å². The van der Waals surface area contributed by atoms with E-state index in [0.29, 0.717) is 22.6 Å². The van der Waals surface area contributed by atoms with Gasteiger partial charge in [-0.1, -0.05) is 20.8 Å². The topological polar surface area (TPSA) is 88.2 Å². The van der Waals surface area contributed by atoms with Gasteiger partial charge >= 0.3 is 0 Å². The minimum Gasteiger partial charge on any atom is -0.365 e. The molecule has 1 atom stereocenters. The molecule has 29 heavy (non-hydrogen) atoms. The molecule has 0 radical (unpaired) electrons. The van der Waals surface area contributed by atoms with Crippen molar-refractivity contribution >= 4 is 11.6 Å². The van der Waals surface area contributed by atoms with Crippen LogP contribution in [0.25, 0.3) is 16.9 Å². The van der Waals surface area contributed by atoms with Crippen molar-refractivity contribution in [2.75, 3.05) is 5.32 Å². The van der Waals surface area contributed by atoms with Crippen molar-refractivity contribution in [1.29, 1.82) is 0 Å². The summed E-state index contributed by atoms with van der Waals surface area (Å²) in [4.78, 5) is 17.2. The first-order valence-electron chi connectivity index (χ1n) is 9.16. The van der Waals surface area contributed by atoms with E-state index in [1.165, 1.54) is 12.1 Å². The number of fused-ring (bicyclic) bond motifs is 1. The number of rotatable bonds is 4. The fourth-order valence-electron chi connectivity index (χ4n) is 3.19. The van der Waals surface area contributed by atoms with E-state index in [1.807, 2.05) is 20.8 Å². The summed E-state index contributed by atoms with van der Waals surface area (Å²) in [6.45, 7) is 5.70. The van der Waals surface area contributed by atoms with Crippen LogP contribution in [0.1, 0.15) is 26.5 Å². The summed E-state index contributed by atoms with van der Waals surface area (Å²) in [6.07, 6.45) is 8.15. The van der Waals surface area contributed by atoms with E-state index in [9.17, 15) is 9.50 Å². The second-order valence-corrected chi connectivity index (χ2v) is 7.78. The molecule has 4 aromatic rings. The molecular formula is C21H21FN6O. The number of nitrogens with one attached hydrogen (secondary N) is 1. The molecule has 148 valence electrons. The predicted octanol–water partition coefficient (Wildman–Crippen LogP) is 3.63. The summed E-state index contributed by atoms with van der Waals surface area (Å²) in [7, 11) is 0. The van der Waals surface area contributed by atoms with E-state index >= 15 is 0 Å². The Balaban J connectivity index is 2.00. The summed E-state index contributed by atoms with van der Waals surface area (Å²) in [5.74, 6) is -0.0680. The first kappa shape index (κ1) is 18.9. The van der Waals surface area contributed by atoms with Gasteiger partial charge in [0.1, 0.15) is 11.5 Å². The molecule has 0 aliphatic heterocycles. The van der Waals surface area contributed by atoms with Crippen molar-refractivity contribution in [1.82, 2.24) is 24.3 Å². The zero-order chi connectivity index (χ0) is 20.6. The molecule has 0 saturated carbocycles. The van der Waals surface area contributed by atoms with Gasteiger partial charge in [0.05, 0.1) is 11.9 Å². The van der Waals surface area contributed by atoms with Crippen LogP contribution in [0, 0.1) is 11.2 Å². The molecule has 0 fully saturated rings. The number of benzene rings is 1. The number of halogens is 1. The molecular weight excluding hydrogens is 371 g/mol. The Morgan fingerprint density at radius 2 is 1.72 bits per heavy atom. The quantitative estimate of drug-likeness (QED) is 0.516. The normalized spacial score (nSPS) is 14.0. The van der Waals surface area contributed by atoms with Crippen LogP contribution in [-0.2, 0) is 5.72 Å². The van der Waals surface area contributed by atoms with Crippen LogP contribution < -0.4 is 5.32 Å². The van der Waals surface area contributed by atoms with Gasteiger partial charge in [0.15, 0.2) is 11.4 Å². The van der Waals surface area contributed by atoms with Gasteiger partial charge < -0.3 is 10.4 Å². The highest BCUT2D eigenvalue weighted by molar-refractivity contribution is 5.68. The first-order chi connectivity index (χ1) is 13.8. The van der Waals surface area contributed by atoms with Crippen LogP contribution >= 0.6 is 0 Å². The standard InChI is InChI=1S/C21H21FN6O/c1-20(2,3)21(29,27-19-24-9-4-10-25-19)18-17(14-5-7-15(22)8-6-14)26-16-13-23-11-12-28(16)18/h4-13,29H,1-3H3,(H,24,25,27). The average molecular weight is 392 g/mol. The predicted molar refractivity (Wildman–Crippen MR) is 107 cm³/mol. The molecule has 1 unspecified atom stereocenters. The van der Waals surface area contributed by atoms with Crippen molar-refractivity contribution in [3.05, 3.63) is 72.8 Å². The number of nitrogens with zero attached hydrogens (tertiary/aromatic N) is 5. The number of hydrogen-bond acceptors (Lipinski definition) is 6. The van der Waals surface area contributed by atoms with E-state index < -0.39 is 11.1 Å². The summed E-state index contributed by atoms with van der Waals surface area (Å²) in [5.41, 5.74) is -0.0804. The summed E-state index contributed by atoms with van der Waals surface area (Å²) in [6, 6.07) is 7.70. The van der Waals surface area contributed by atoms with Gasteiger partial charge in [0.25, 0.3) is 0 Å². The molecule has 0 amide bonds. The Morgan fingerprint density at radius 1 is 1.03 bits per heavy atom. The third-order valence-corrected chi connectivity index (χ3v) is 4.83. The lowest BCUT2D eigenvalue weighted by atomic mass is 9.79. The Bertz CT molecular complexity index is 1140. The molecule has 0 saturated heterocycles. The highest BCUT2D eigenvalue weighted by Gasteiger charge is 2.47. The zero-order valence-electron chi connectivity index (χ0n) is 16.3. The lowest BCUT2D eigenvalue weighted by Gasteiger charge is -2.41. The Hall–Kier alpha value is -3.39. The largest absolute Gasteiger partial charge is 0.365 e. The third kappa shape index (κ3) is 3.31. The van der Waals surface area contributed by atoms with Gasteiger partial charge in [0, 0.05) is 35.8 Å². The van der Waals surface area contributed by atoms with E-state index in [-0.39, 0.29) is 11.8 Å². The summed E-state index contributed by atoms with van der Waals surface area (Å²) >= 11 is 0. The van der Waals surface area contributed by atoms with E-state index in [4.69, 9.17) is 0 Å². The van der Waals surface area contributed by atoms with E-state index in [0.717, 1.165) is 0 Å². The highest BCUT2D eigenvalue weighted by Crippen LogP contribution is 2.43. The van der Waals surface area contributed by atoms with Gasteiger partial charge in [0.2, 0.25) is 5.95 Å². The fraction of sp³-hybridized carbons (Fsp3) is 0.238. The lowest BCUT2D eigenvalue weighted by Crippen LogP contribution is -2.48. The molecule has 2 N–H and O–H groups in total. The van der Waals surface area contributed by atoms with Crippen LogP contribution in [0.3, 0.4) is 0 Å². The van der Waals surface area contributed by atoms with Crippen molar-refractivity contribution in [2.45, 2.75) is 26.5 Å². The van der Waals surface area contributed by atoms with Crippen LogP contribution in [0.15, 0.2) is 61.3 Å². The van der Waals surface area contributed by atoms with Crippen molar-refractivity contribution in [2.24, 2.45) is 5.41 Å². The third-order valence-electron chi connectivity index (χ3n) is 4.83. The Labute approximate surface area is 167 Å². The zero-order valence-corrected chi connectivity index (χ0v) is 16.3. The van der Waals surface area contributed by atoms with Gasteiger partial charge in [-0.2, -0.15) is 0 Å². The van der Waals surface area contributed by atoms with Crippen molar-refractivity contribution in [3.63, 3.8) is 0 Å². The first-order valence-corrected chi connectivity index (χ1v) is 9.16. The number of imidazole rings is 1. The monoisotopic (exact) mass is 392 g/mol. The van der Waals surface area contributed by atoms with E-state index in [1.54, 1.807) is 53.6 Å². The van der Waals surface area contributed by atoms with Gasteiger partial charge in [-0.15, -0.1) is 0 Å². The van der Waals surface area contributed by atoms with Crippen molar-refractivity contribution < 1.29 is 9.50 Å². The molecule has 8 heteroatoms. The second kappa shape index (κ2) is 6.89. The minimum absolute atomic E-state index is 0.277. The average Bonchev–Trinajstić information content (AvgIpc) is 3.08. The van der Waals surface area contributed by atoms with Crippen LogP contribution in [-0.4, -0.2) is 29.4 Å². The smallest absolute Gasteiger partial charge is 0.225 e. The molecule has 0 aliphatic rings. The second-order valence-electron chi connectivity index (χ2n) is 7.78. The number of hydrogen-bond donors (Lipinski definition) is 2. The van der Waals surface area contributed by atoms with Crippen LogP contribution in [0.5, 0.6) is 0 Å². The lowest BCUT2D eigenvalue weighted by molar-refractivity contribution is -0.0422.